The summed E-state index contributed by atoms with van der Waals surface area (Å²) in [6.45, 7) is 3.18. The molecule has 55 heavy (non-hydrogen) atoms. The third-order valence-corrected chi connectivity index (χ3v) is 11.9. The zero-order chi connectivity index (χ0) is 39.2. The van der Waals surface area contributed by atoms with Crippen LogP contribution < -0.4 is 31.3 Å². The molecule has 1 saturated carbocycles. The summed E-state index contributed by atoms with van der Waals surface area (Å²) >= 11 is 6.09. The molecule has 0 spiro atoms. The number of carbonyl (C=O) groups is 2. The van der Waals surface area contributed by atoms with Gasteiger partial charge in [-0.2, -0.15) is 0 Å². The first-order valence-corrected chi connectivity index (χ1v) is 18.0. The predicted octanol–water partition coefficient (Wildman–Crippen LogP) is 3.99. The van der Waals surface area contributed by atoms with Crippen molar-refractivity contribution in [3.8, 4) is 17.2 Å². The van der Waals surface area contributed by atoms with Crippen LogP contribution in [-0.2, 0) is 36.1 Å². The molecule has 4 heterocycles. The Morgan fingerprint density at radius 1 is 1.02 bits per heavy atom. The standard InChI is InChI=1S/C39H36ClFN6O8/c1-19-7-6-8-22(33(19)48)32-21-11-14-45-37(52)44(13-12-26-35(50)43(3)29-18-31(55-5)30(54-4)17-27(29)42-26)38(53)47(45)28(21)16-23-34(49)46(36(51)39(23,32)2)20-9-10-25(41)24(40)15-20/h6-11,15,17-18,23,28,32,48H,12-14,16H2,1-5H3/t23-,28+,32+,39+/m0/s1. The minimum absolute atomic E-state index is 0.0250. The lowest BCUT2D eigenvalue weighted by atomic mass is 9.56. The summed E-state index contributed by atoms with van der Waals surface area (Å²) in [5, 5.41) is 11.2. The van der Waals surface area contributed by atoms with Gasteiger partial charge in [-0.15, -0.1) is 0 Å². The number of phenols is 1. The largest absolute Gasteiger partial charge is 0.507 e. The van der Waals surface area contributed by atoms with Gasteiger partial charge in [-0.25, -0.2) is 37.8 Å². The number of amides is 2. The van der Waals surface area contributed by atoms with Crippen LogP contribution in [-0.4, -0.2) is 54.6 Å². The molecule has 2 amide bonds. The minimum atomic E-state index is -1.45. The van der Waals surface area contributed by atoms with Gasteiger partial charge in [0, 0.05) is 43.6 Å². The molecule has 14 nitrogen and oxygen atoms in total. The fraction of sp³-hybridized carbons (Fsp3) is 0.333. The van der Waals surface area contributed by atoms with E-state index in [9.17, 15) is 33.5 Å². The lowest BCUT2D eigenvalue weighted by Gasteiger charge is -2.47. The summed E-state index contributed by atoms with van der Waals surface area (Å²) in [7, 11) is 4.56. The molecule has 5 aromatic rings. The molecule has 284 valence electrons. The summed E-state index contributed by atoms with van der Waals surface area (Å²) in [5.41, 5.74) is -0.460. The molecule has 4 atom stereocenters. The van der Waals surface area contributed by atoms with Crippen LogP contribution in [0.25, 0.3) is 11.0 Å². The number of nitrogens with zero attached hydrogens (tertiary/aromatic N) is 6. The normalized spacial score (nSPS) is 21.7. The predicted molar refractivity (Wildman–Crippen MR) is 200 cm³/mol. The maximum absolute atomic E-state index is 14.6. The number of halogens is 2. The Morgan fingerprint density at radius 3 is 2.45 bits per heavy atom. The molecule has 1 N–H and O–H groups in total. The molecule has 0 bridgehead atoms. The monoisotopic (exact) mass is 770 g/mol. The fourth-order valence-corrected chi connectivity index (χ4v) is 8.91. The van der Waals surface area contributed by atoms with E-state index in [1.807, 2.05) is 0 Å². The Labute approximate surface area is 317 Å². The smallest absolute Gasteiger partial charge is 0.347 e. The van der Waals surface area contributed by atoms with E-state index in [1.54, 1.807) is 57.3 Å². The fourth-order valence-electron chi connectivity index (χ4n) is 8.73. The molecule has 3 aliphatic rings. The molecule has 0 unspecified atom stereocenters. The number of anilines is 1. The van der Waals surface area contributed by atoms with Crippen molar-refractivity contribution >= 4 is 40.1 Å². The number of aryl methyl sites for hydroxylation is 3. The first-order chi connectivity index (χ1) is 26.2. The highest BCUT2D eigenvalue weighted by Crippen LogP contribution is 2.62. The molecule has 2 aliphatic heterocycles. The number of carbonyl (C=O) groups excluding carboxylic acids is 2. The Hall–Kier alpha value is -5.96. The number of ether oxygens (including phenoxy) is 2. The maximum Gasteiger partial charge on any atom is 0.347 e. The number of para-hydroxylation sites is 1. The lowest BCUT2D eigenvalue weighted by Crippen LogP contribution is -2.49. The Balaban J connectivity index is 1.21. The zero-order valence-corrected chi connectivity index (χ0v) is 31.3. The summed E-state index contributed by atoms with van der Waals surface area (Å²) in [6.07, 6.45) is 1.70. The van der Waals surface area contributed by atoms with Gasteiger partial charge in [0.15, 0.2) is 11.5 Å². The van der Waals surface area contributed by atoms with Crippen LogP contribution in [0.2, 0.25) is 5.02 Å². The van der Waals surface area contributed by atoms with Crippen LogP contribution in [0.15, 0.2) is 74.6 Å². The van der Waals surface area contributed by atoms with E-state index in [1.165, 1.54) is 40.3 Å². The summed E-state index contributed by atoms with van der Waals surface area (Å²) in [5.74, 6) is -3.00. The Kier molecular flexibility index (Phi) is 8.40. The van der Waals surface area contributed by atoms with Gasteiger partial charge >= 0.3 is 11.4 Å². The van der Waals surface area contributed by atoms with Crippen molar-refractivity contribution in [3.63, 3.8) is 0 Å². The summed E-state index contributed by atoms with van der Waals surface area (Å²) in [6, 6.07) is 11.2. The number of allylic oxidation sites excluding steroid dienone is 2. The molecular weight excluding hydrogens is 735 g/mol. The number of benzene rings is 3. The van der Waals surface area contributed by atoms with E-state index < -0.39 is 57.9 Å². The summed E-state index contributed by atoms with van der Waals surface area (Å²) < 4.78 is 30.0. The van der Waals surface area contributed by atoms with E-state index in [4.69, 9.17) is 21.1 Å². The van der Waals surface area contributed by atoms with Gasteiger partial charge in [0.05, 0.1) is 59.9 Å². The molecule has 1 aliphatic carbocycles. The van der Waals surface area contributed by atoms with Crippen molar-refractivity contribution in [1.29, 1.82) is 0 Å². The number of imide groups is 1. The van der Waals surface area contributed by atoms with Gasteiger partial charge in [-0.05, 0) is 49.6 Å². The van der Waals surface area contributed by atoms with E-state index >= 15 is 0 Å². The molecule has 2 fully saturated rings. The van der Waals surface area contributed by atoms with Crippen molar-refractivity contribution in [2.24, 2.45) is 18.4 Å². The first-order valence-electron chi connectivity index (χ1n) is 17.6. The number of hydrogen-bond acceptors (Lipinski definition) is 9. The van der Waals surface area contributed by atoms with Crippen LogP contribution >= 0.6 is 11.6 Å². The molecule has 0 radical (unpaired) electrons. The number of methoxy groups -OCH3 is 2. The quantitative estimate of drug-likeness (QED) is 0.191. The van der Waals surface area contributed by atoms with Gasteiger partial charge < -0.3 is 19.1 Å². The second kappa shape index (κ2) is 12.8. The van der Waals surface area contributed by atoms with Crippen LogP contribution in [0, 0.1) is 24.1 Å². The molecule has 8 rings (SSSR count). The average Bonchev–Trinajstić information content (AvgIpc) is 3.53. The first kappa shape index (κ1) is 36.0. The number of hydrogen-bond donors (Lipinski definition) is 1. The van der Waals surface area contributed by atoms with Gasteiger partial charge in [0.25, 0.3) is 5.56 Å². The number of phenolic OH excluding ortho intramolecular Hbond substituents is 1. The van der Waals surface area contributed by atoms with Crippen molar-refractivity contribution in [3.05, 3.63) is 119 Å². The van der Waals surface area contributed by atoms with E-state index in [0.29, 0.717) is 39.2 Å². The average molecular weight is 771 g/mol. The van der Waals surface area contributed by atoms with Gasteiger partial charge in [-0.1, -0.05) is 35.9 Å². The highest BCUT2D eigenvalue weighted by atomic mass is 35.5. The van der Waals surface area contributed by atoms with Gasteiger partial charge in [0.1, 0.15) is 17.3 Å². The lowest BCUT2D eigenvalue weighted by molar-refractivity contribution is -0.129. The van der Waals surface area contributed by atoms with Gasteiger partial charge in [0.2, 0.25) is 11.8 Å². The van der Waals surface area contributed by atoms with Crippen molar-refractivity contribution < 1.29 is 28.6 Å². The highest BCUT2D eigenvalue weighted by Gasteiger charge is 2.65. The minimum Gasteiger partial charge on any atom is -0.507 e. The SMILES string of the molecule is COc1cc2nc(CCn3c(=O)n4n(c3=O)[C@@H]3C[C@H]5C(=O)N(c6ccc(F)c(Cl)c6)C(=O)[C@@]5(C)[C@@H](c5cccc(C)c5O)C3=CC4)c(=O)n(C)c2cc1OC. The second-order valence-corrected chi connectivity index (χ2v) is 14.7. The number of aromatic nitrogens is 5. The number of fused-ring (bicyclic) bond motifs is 5. The molecule has 3 aromatic carbocycles. The van der Waals surface area contributed by atoms with Crippen molar-refractivity contribution in [2.75, 3.05) is 19.1 Å². The molecular formula is C39H36ClFN6O8. The number of rotatable bonds is 7. The van der Waals surface area contributed by atoms with Crippen LogP contribution in [0.5, 0.6) is 17.2 Å². The molecule has 2 aromatic heterocycles. The second-order valence-electron chi connectivity index (χ2n) is 14.3. The Morgan fingerprint density at radius 2 is 1.75 bits per heavy atom. The van der Waals surface area contributed by atoms with Crippen LogP contribution in [0.1, 0.15) is 42.1 Å². The van der Waals surface area contributed by atoms with Crippen LogP contribution in [0.3, 0.4) is 0 Å². The van der Waals surface area contributed by atoms with Crippen molar-refractivity contribution in [1.82, 2.24) is 23.5 Å². The third-order valence-electron chi connectivity index (χ3n) is 11.6. The molecule has 16 heteroatoms. The van der Waals surface area contributed by atoms with Crippen molar-refractivity contribution in [2.45, 2.75) is 51.7 Å². The number of aromatic hydroxyl groups is 1. The van der Waals surface area contributed by atoms with E-state index in [2.05, 4.69) is 4.98 Å². The van der Waals surface area contributed by atoms with Crippen LogP contribution in [0.4, 0.5) is 10.1 Å². The third kappa shape index (κ3) is 5.12. The van der Waals surface area contributed by atoms with E-state index in [-0.39, 0.29) is 48.1 Å². The van der Waals surface area contributed by atoms with Gasteiger partial charge in [-0.3, -0.25) is 14.4 Å². The van der Waals surface area contributed by atoms with E-state index in [0.717, 1.165) is 15.5 Å². The zero-order valence-electron chi connectivity index (χ0n) is 30.5. The highest BCUT2D eigenvalue weighted by molar-refractivity contribution is 6.31. The summed E-state index contributed by atoms with van der Waals surface area (Å²) in [4.78, 5) is 76.3. The Bertz CT molecular complexity index is 2710. The molecule has 1 saturated heterocycles. The topological polar surface area (TPSA) is 160 Å². The maximum atomic E-state index is 14.6.